The highest BCUT2D eigenvalue weighted by Crippen LogP contribution is 2.35. The Morgan fingerprint density at radius 1 is 1.50 bits per heavy atom. The molecule has 0 saturated carbocycles. The van der Waals surface area contributed by atoms with Gasteiger partial charge in [0.2, 0.25) is 0 Å². The van der Waals surface area contributed by atoms with E-state index < -0.39 is 12.8 Å². The first-order chi connectivity index (χ1) is 7.28. The molecule has 0 N–H and O–H groups in total. The lowest BCUT2D eigenvalue weighted by Gasteiger charge is -2.38. The molecule has 1 saturated heterocycles. The predicted molar refractivity (Wildman–Crippen MR) is 59.2 cm³/mol. The molecule has 3 atom stereocenters. The van der Waals surface area contributed by atoms with Crippen molar-refractivity contribution in [3.05, 3.63) is 0 Å². The molecule has 5 nitrogen and oxygen atoms in total. The van der Waals surface area contributed by atoms with Crippen molar-refractivity contribution in [2.24, 2.45) is 0 Å². The molecule has 1 aliphatic heterocycles. The van der Waals surface area contributed by atoms with Gasteiger partial charge in [0.25, 0.3) is 0 Å². The summed E-state index contributed by atoms with van der Waals surface area (Å²) in [7, 11) is 0. The van der Waals surface area contributed by atoms with Crippen LogP contribution < -0.4 is 9.79 Å². The average Bonchev–Trinajstić information content (AvgIpc) is 2.39. The van der Waals surface area contributed by atoms with Gasteiger partial charge in [-0.05, 0) is 20.8 Å². The Balaban J connectivity index is 2.49. The predicted octanol–water partition coefficient (Wildman–Crippen LogP) is -0.0809. The summed E-state index contributed by atoms with van der Waals surface area (Å²) in [6.07, 6.45) is -0.318. The summed E-state index contributed by atoms with van der Waals surface area (Å²) in [5.74, 6) is 0. The standard InChI is InChI=1S/C9H19O5PS/c1-6(2)12-5-9-8(4-7(3)13-9)14-15(10,11)16/h6-9H,4-5H2,1-3H3,(H2,10,11,16)/p-2/t7-,8?,9+/m0/s1. The summed E-state index contributed by atoms with van der Waals surface area (Å²) in [6.45, 7) is 1.86. The van der Waals surface area contributed by atoms with Crippen LogP contribution >= 0.6 is 6.72 Å². The van der Waals surface area contributed by atoms with Crippen LogP contribution in [-0.4, -0.2) is 31.0 Å². The molecule has 1 aliphatic rings. The van der Waals surface area contributed by atoms with Gasteiger partial charge in [0, 0.05) is 6.42 Å². The molecule has 0 spiro atoms. The first-order valence-corrected chi connectivity index (χ1v) is 7.81. The maximum atomic E-state index is 10.9. The van der Waals surface area contributed by atoms with E-state index in [0.717, 1.165) is 0 Å². The van der Waals surface area contributed by atoms with E-state index in [2.05, 4.69) is 11.8 Å². The Morgan fingerprint density at radius 2 is 2.12 bits per heavy atom. The van der Waals surface area contributed by atoms with E-state index in [4.69, 9.17) is 14.0 Å². The molecule has 1 fully saturated rings. The second-order valence-corrected chi connectivity index (χ2v) is 6.64. The van der Waals surface area contributed by atoms with Crippen LogP contribution in [0.3, 0.4) is 0 Å². The SMILES string of the molecule is CC(C)OC[C@H]1O[C@@H](C)CC1OP([O-])([O-])=S. The molecule has 0 aromatic heterocycles. The molecule has 0 aromatic rings. The van der Waals surface area contributed by atoms with E-state index in [1.165, 1.54) is 0 Å². The van der Waals surface area contributed by atoms with Crippen LogP contribution in [0.1, 0.15) is 27.2 Å². The summed E-state index contributed by atoms with van der Waals surface area (Å²) in [5, 5.41) is 0. The molecule has 0 radical (unpaired) electrons. The lowest BCUT2D eigenvalue weighted by Crippen LogP contribution is -2.32. The topological polar surface area (TPSA) is 73.8 Å². The van der Waals surface area contributed by atoms with Crippen molar-refractivity contribution in [1.82, 2.24) is 0 Å². The van der Waals surface area contributed by atoms with Gasteiger partial charge < -0.3 is 23.8 Å². The summed E-state index contributed by atoms with van der Waals surface area (Å²) in [6, 6.07) is 0. The first kappa shape index (κ1) is 14.5. The molecule has 0 bridgehead atoms. The second-order valence-electron chi connectivity index (χ2n) is 4.19. The quantitative estimate of drug-likeness (QED) is 0.649. The lowest BCUT2D eigenvalue weighted by atomic mass is 10.1. The molecule has 1 unspecified atom stereocenters. The molecule has 7 heteroatoms. The molecule has 1 heterocycles. The van der Waals surface area contributed by atoms with Crippen molar-refractivity contribution in [3.8, 4) is 0 Å². The van der Waals surface area contributed by atoms with Crippen LogP contribution in [-0.2, 0) is 25.8 Å². The van der Waals surface area contributed by atoms with E-state index in [-0.39, 0.29) is 18.3 Å². The van der Waals surface area contributed by atoms with Gasteiger partial charge in [0.05, 0.1) is 24.9 Å². The van der Waals surface area contributed by atoms with Crippen LogP contribution in [0.15, 0.2) is 0 Å². The van der Waals surface area contributed by atoms with Gasteiger partial charge in [-0.25, -0.2) is 0 Å². The largest absolute Gasteiger partial charge is 0.812 e. The van der Waals surface area contributed by atoms with Gasteiger partial charge in [-0.1, -0.05) is 6.72 Å². The fraction of sp³-hybridized carbons (Fsp3) is 1.00. The minimum absolute atomic E-state index is 0.0349. The zero-order valence-corrected chi connectivity index (χ0v) is 11.3. The number of rotatable bonds is 5. The van der Waals surface area contributed by atoms with Gasteiger partial charge in [-0.2, -0.15) is 0 Å². The Morgan fingerprint density at radius 3 is 2.62 bits per heavy atom. The maximum absolute atomic E-state index is 10.9. The van der Waals surface area contributed by atoms with Crippen LogP contribution in [0.4, 0.5) is 0 Å². The van der Waals surface area contributed by atoms with E-state index in [9.17, 15) is 9.79 Å². The fourth-order valence-electron chi connectivity index (χ4n) is 1.63. The Labute approximate surface area is 101 Å². The molecule has 1 rings (SSSR count). The highest BCUT2D eigenvalue weighted by molar-refractivity contribution is 8.05. The molecule has 0 aliphatic carbocycles. The minimum Gasteiger partial charge on any atom is -0.812 e. The zero-order chi connectivity index (χ0) is 12.3. The number of hydrogen-bond acceptors (Lipinski definition) is 6. The highest BCUT2D eigenvalue weighted by atomic mass is 32.5. The Kier molecular flexibility index (Phi) is 5.32. The van der Waals surface area contributed by atoms with E-state index in [0.29, 0.717) is 13.0 Å². The monoisotopic (exact) mass is 268 g/mol. The van der Waals surface area contributed by atoms with Crippen LogP contribution in [0, 0.1) is 0 Å². The van der Waals surface area contributed by atoms with E-state index >= 15 is 0 Å². The molecular formula is C9H17O5PS-2. The fourth-order valence-corrected chi connectivity index (χ4v) is 2.52. The third-order valence-corrected chi connectivity index (χ3v) is 3.03. The third-order valence-electron chi connectivity index (χ3n) is 2.24. The molecule has 96 valence electrons. The van der Waals surface area contributed by atoms with E-state index in [1.807, 2.05) is 20.8 Å². The Bertz CT molecular complexity index is 267. The van der Waals surface area contributed by atoms with Gasteiger partial charge in [-0.15, -0.1) is 11.8 Å². The minimum atomic E-state index is -4.13. The normalized spacial score (nSPS) is 31.2. The summed E-state index contributed by atoms with van der Waals surface area (Å²) in [5.41, 5.74) is 0. The van der Waals surface area contributed by atoms with Gasteiger partial charge in [0.1, 0.15) is 6.10 Å². The van der Waals surface area contributed by atoms with Crippen molar-refractivity contribution in [2.45, 2.75) is 51.6 Å². The summed E-state index contributed by atoms with van der Waals surface area (Å²) in [4.78, 5) is 21.8. The van der Waals surface area contributed by atoms with Crippen molar-refractivity contribution >= 4 is 18.5 Å². The Hall–Kier alpha value is 0.450. The number of hydrogen-bond donors (Lipinski definition) is 0. The molecule has 0 amide bonds. The molecular weight excluding hydrogens is 251 g/mol. The molecule has 16 heavy (non-hydrogen) atoms. The summed E-state index contributed by atoms with van der Waals surface area (Å²) < 4.78 is 15.7. The van der Waals surface area contributed by atoms with Crippen LogP contribution in [0.5, 0.6) is 0 Å². The van der Waals surface area contributed by atoms with Crippen LogP contribution in [0.2, 0.25) is 0 Å². The third kappa shape index (κ3) is 5.19. The van der Waals surface area contributed by atoms with Gasteiger partial charge >= 0.3 is 0 Å². The van der Waals surface area contributed by atoms with Gasteiger partial charge in [-0.3, -0.25) is 0 Å². The smallest absolute Gasteiger partial charge is 0.108 e. The number of ether oxygens (including phenoxy) is 2. The van der Waals surface area contributed by atoms with E-state index in [1.54, 1.807) is 0 Å². The van der Waals surface area contributed by atoms with Crippen molar-refractivity contribution in [1.29, 1.82) is 0 Å². The van der Waals surface area contributed by atoms with Crippen molar-refractivity contribution < 1.29 is 23.8 Å². The zero-order valence-electron chi connectivity index (χ0n) is 9.62. The lowest BCUT2D eigenvalue weighted by molar-refractivity contribution is -0.325. The first-order valence-electron chi connectivity index (χ1n) is 5.25. The second kappa shape index (κ2) is 5.87. The maximum Gasteiger partial charge on any atom is 0.108 e. The highest BCUT2D eigenvalue weighted by Gasteiger charge is 2.34. The van der Waals surface area contributed by atoms with Gasteiger partial charge in [0.15, 0.2) is 0 Å². The van der Waals surface area contributed by atoms with Crippen molar-refractivity contribution in [2.75, 3.05) is 6.61 Å². The summed E-state index contributed by atoms with van der Waals surface area (Å²) >= 11 is 4.23. The van der Waals surface area contributed by atoms with Crippen molar-refractivity contribution in [3.63, 3.8) is 0 Å². The average molecular weight is 268 g/mol. The molecule has 0 aromatic carbocycles. The van der Waals surface area contributed by atoms with Crippen LogP contribution in [0.25, 0.3) is 0 Å².